The van der Waals surface area contributed by atoms with Gasteiger partial charge in [0, 0.05) is 15.6 Å². The molecule has 166 valence electrons. The van der Waals surface area contributed by atoms with Crippen molar-refractivity contribution < 1.29 is 14.4 Å². The Hall–Kier alpha value is -3.56. The molecule has 3 rings (SSSR count). The first kappa shape index (κ1) is 23.1. The summed E-state index contributed by atoms with van der Waals surface area (Å²) in [5.41, 5.74) is -1.70. The molecule has 0 saturated heterocycles. The highest BCUT2D eigenvalue weighted by atomic mass is 35.5. The van der Waals surface area contributed by atoms with Crippen LogP contribution in [0.15, 0.2) is 46.0 Å². The summed E-state index contributed by atoms with van der Waals surface area (Å²) in [4.78, 5) is 37.6. The molecule has 0 aliphatic rings. The average molecular weight is 478 g/mol. The number of benzene rings is 2. The molecule has 0 bridgehead atoms. The van der Waals surface area contributed by atoms with Gasteiger partial charge in [-0.3, -0.25) is 19.9 Å². The Labute approximate surface area is 191 Å². The number of nitrogens with one attached hydrogen (secondary N) is 2. The van der Waals surface area contributed by atoms with E-state index < -0.39 is 21.9 Å². The topological polar surface area (TPSA) is 127 Å². The number of halogens is 2. The lowest BCUT2D eigenvalue weighted by molar-refractivity contribution is -0.386. The van der Waals surface area contributed by atoms with Gasteiger partial charge in [0.2, 0.25) is 0 Å². The van der Waals surface area contributed by atoms with Gasteiger partial charge < -0.3 is 14.5 Å². The van der Waals surface area contributed by atoms with Gasteiger partial charge in [0.05, 0.1) is 11.5 Å². The summed E-state index contributed by atoms with van der Waals surface area (Å²) in [7, 11) is 0. The fourth-order valence-corrected chi connectivity index (χ4v) is 3.32. The highest BCUT2D eigenvalue weighted by Crippen LogP contribution is 2.32. The van der Waals surface area contributed by atoms with Crippen molar-refractivity contribution in [3.8, 4) is 11.5 Å². The van der Waals surface area contributed by atoms with Gasteiger partial charge in [-0.05, 0) is 42.8 Å². The maximum Gasteiger partial charge on any atom is 0.357 e. The van der Waals surface area contributed by atoms with Crippen molar-refractivity contribution in [2.45, 2.75) is 13.5 Å². The summed E-state index contributed by atoms with van der Waals surface area (Å²) >= 11 is 12.4. The summed E-state index contributed by atoms with van der Waals surface area (Å²) in [6.45, 7) is 2.29. The molecule has 1 heterocycles. The summed E-state index contributed by atoms with van der Waals surface area (Å²) in [6, 6.07) is 10.1. The Morgan fingerprint density at radius 3 is 2.41 bits per heavy atom. The zero-order valence-electron chi connectivity index (χ0n) is 16.7. The molecular formula is C21H17Cl2N3O6. The lowest BCUT2D eigenvalue weighted by Gasteiger charge is -2.14. The number of aromatic nitrogens is 2. The van der Waals surface area contributed by atoms with Gasteiger partial charge in [-0.25, -0.2) is 4.79 Å². The van der Waals surface area contributed by atoms with Crippen LogP contribution < -0.4 is 20.7 Å². The molecule has 0 atom stereocenters. The van der Waals surface area contributed by atoms with Gasteiger partial charge >= 0.3 is 16.9 Å². The summed E-state index contributed by atoms with van der Waals surface area (Å²) in [6.07, 6.45) is 2.76. The van der Waals surface area contributed by atoms with E-state index in [1.165, 1.54) is 12.2 Å². The van der Waals surface area contributed by atoms with Crippen LogP contribution in [0, 0.1) is 10.1 Å². The van der Waals surface area contributed by atoms with Gasteiger partial charge in [-0.1, -0.05) is 41.4 Å². The van der Waals surface area contributed by atoms with E-state index in [-0.39, 0.29) is 12.3 Å². The lowest BCUT2D eigenvalue weighted by atomic mass is 10.1. The SMILES string of the molecule is CCOc1cc(C=Cc2[nH]c(=O)[nH]c(=O)c2[N+](=O)[O-])ccc1OCc1c(Cl)cccc1Cl. The van der Waals surface area contributed by atoms with E-state index in [0.29, 0.717) is 39.3 Å². The monoisotopic (exact) mass is 477 g/mol. The zero-order valence-corrected chi connectivity index (χ0v) is 18.2. The zero-order chi connectivity index (χ0) is 23.3. The minimum absolute atomic E-state index is 0.119. The molecule has 2 N–H and O–H groups in total. The third-order valence-electron chi connectivity index (χ3n) is 4.27. The van der Waals surface area contributed by atoms with E-state index in [0.717, 1.165) is 0 Å². The van der Waals surface area contributed by atoms with Crippen molar-refractivity contribution in [1.82, 2.24) is 9.97 Å². The molecule has 32 heavy (non-hydrogen) atoms. The lowest BCUT2D eigenvalue weighted by Crippen LogP contribution is -2.25. The molecule has 0 saturated carbocycles. The van der Waals surface area contributed by atoms with Crippen LogP contribution in [0.2, 0.25) is 10.0 Å². The van der Waals surface area contributed by atoms with Crippen LogP contribution >= 0.6 is 23.2 Å². The molecule has 1 aromatic heterocycles. The number of nitro groups is 1. The molecular weight excluding hydrogens is 461 g/mol. The quantitative estimate of drug-likeness (QED) is 0.364. The highest BCUT2D eigenvalue weighted by molar-refractivity contribution is 6.35. The molecule has 0 fully saturated rings. The van der Waals surface area contributed by atoms with Gasteiger partial charge in [0.15, 0.2) is 11.5 Å². The second-order valence-electron chi connectivity index (χ2n) is 6.39. The van der Waals surface area contributed by atoms with Crippen LogP contribution in [-0.4, -0.2) is 21.5 Å². The van der Waals surface area contributed by atoms with Crippen LogP contribution in [-0.2, 0) is 6.61 Å². The molecule has 9 nitrogen and oxygen atoms in total. The molecule has 0 radical (unpaired) electrons. The standard InChI is InChI=1S/C21H17Cl2N3O6/c1-2-31-18-10-12(6-8-16-19(26(29)30)20(27)25-21(28)24-16)7-9-17(18)32-11-13-14(22)4-3-5-15(13)23/h3-10H,2,11H2,1H3,(H2,24,25,27,28). The number of rotatable bonds is 8. The first-order valence-corrected chi connectivity index (χ1v) is 10.1. The molecule has 0 aliphatic heterocycles. The molecule has 0 spiro atoms. The van der Waals surface area contributed by atoms with Gasteiger partial charge in [0.25, 0.3) is 0 Å². The van der Waals surface area contributed by atoms with Crippen molar-refractivity contribution in [1.29, 1.82) is 0 Å². The maximum atomic E-state index is 11.7. The van der Waals surface area contributed by atoms with E-state index in [9.17, 15) is 19.7 Å². The molecule has 2 aromatic carbocycles. The molecule has 0 aliphatic carbocycles. The van der Waals surface area contributed by atoms with Crippen LogP contribution in [0.5, 0.6) is 11.5 Å². The number of aromatic amines is 2. The summed E-state index contributed by atoms with van der Waals surface area (Å²) in [5, 5.41) is 12.1. The first-order chi connectivity index (χ1) is 15.3. The number of hydrogen-bond acceptors (Lipinski definition) is 6. The number of H-pyrrole nitrogens is 2. The number of nitrogens with zero attached hydrogens (tertiary/aromatic N) is 1. The molecule has 0 amide bonds. The Balaban J connectivity index is 1.89. The van der Waals surface area contributed by atoms with Gasteiger partial charge in [-0.15, -0.1) is 0 Å². The second kappa shape index (κ2) is 10.2. The van der Waals surface area contributed by atoms with E-state index in [4.69, 9.17) is 32.7 Å². The fraction of sp³-hybridized carbons (Fsp3) is 0.143. The van der Waals surface area contributed by atoms with E-state index in [1.807, 2.05) is 11.9 Å². The van der Waals surface area contributed by atoms with Crippen LogP contribution in [0.3, 0.4) is 0 Å². The molecule has 3 aromatic rings. The van der Waals surface area contributed by atoms with Crippen LogP contribution in [0.1, 0.15) is 23.7 Å². The molecule has 11 heteroatoms. The molecule has 0 unspecified atom stereocenters. The van der Waals surface area contributed by atoms with E-state index >= 15 is 0 Å². The predicted octanol–water partition coefficient (Wildman–Crippen LogP) is 4.43. The maximum absolute atomic E-state index is 11.7. The fourth-order valence-electron chi connectivity index (χ4n) is 2.81. The largest absolute Gasteiger partial charge is 0.490 e. The number of hydrogen-bond donors (Lipinski definition) is 2. The average Bonchev–Trinajstić information content (AvgIpc) is 2.72. The van der Waals surface area contributed by atoms with Gasteiger partial charge in [0.1, 0.15) is 12.3 Å². The van der Waals surface area contributed by atoms with Crippen molar-refractivity contribution >= 4 is 41.0 Å². The first-order valence-electron chi connectivity index (χ1n) is 9.31. The third kappa shape index (κ3) is 5.37. The summed E-state index contributed by atoms with van der Waals surface area (Å²) in [5.74, 6) is 0.863. The van der Waals surface area contributed by atoms with Crippen LogP contribution in [0.4, 0.5) is 5.69 Å². The van der Waals surface area contributed by atoms with Crippen molar-refractivity contribution in [3.05, 3.63) is 94.2 Å². The van der Waals surface area contributed by atoms with Crippen molar-refractivity contribution in [3.63, 3.8) is 0 Å². The smallest absolute Gasteiger partial charge is 0.357 e. The Bertz CT molecular complexity index is 1280. The van der Waals surface area contributed by atoms with Crippen molar-refractivity contribution in [2.24, 2.45) is 0 Å². The Morgan fingerprint density at radius 1 is 1.03 bits per heavy atom. The summed E-state index contributed by atoms with van der Waals surface area (Å²) < 4.78 is 11.5. The Kier molecular flexibility index (Phi) is 7.34. The minimum Gasteiger partial charge on any atom is -0.490 e. The predicted molar refractivity (Wildman–Crippen MR) is 122 cm³/mol. The van der Waals surface area contributed by atoms with E-state index in [2.05, 4.69) is 4.98 Å². The minimum atomic E-state index is -1.09. The number of ether oxygens (including phenoxy) is 2. The normalized spacial score (nSPS) is 11.0. The van der Waals surface area contributed by atoms with Crippen LogP contribution in [0.25, 0.3) is 12.2 Å². The second-order valence-corrected chi connectivity index (χ2v) is 7.20. The van der Waals surface area contributed by atoms with Crippen molar-refractivity contribution in [2.75, 3.05) is 6.61 Å². The highest BCUT2D eigenvalue weighted by Gasteiger charge is 2.19. The Morgan fingerprint density at radius 2 is 1.75 bits per heavy atom. The van der Waals surface area contributed by atoms with Gasteiger partial charge in [-0.2, -0.15) is 0 Å². The van der Waals surface area contributed by atoms with E-state index in [1.54, 1.807) is 36.4 Å². The third-order valence-corrected chi connectivity index (χ3v) is 4.98.